The summed E-state index contributed by atoms with van der Waals surface area (Å²) in [4.78, 5) is 12.5. The van der Waals surface area contributed by atoms with E-state index < -0.39 is 16.1 Å². The normalized spacial score (nSPS) is 15.7. The smallest absolute Gasteiger partial charge is 0.260 e. The lowest BCUT2D eigenvalue weighted by Crippen LogP contribution is -2.38. The number of rotatable bonds is 9. The first-order valence-corrected chi connectivity index (χ1v) is 12.5. The number of hydrogen-bond donors (Lipinski definition) is 1. The summed E-state index contributed by atoms with van der Waals surface area (Å²) in [6, 6.07) is 12.3. The van der Waals surface area contributed by atoms with Crippen molar-refractivity contribution in [3.8, 4) is 11.5 Å². The van der Waals surface area contributed by atoms with E-state index in [1.165, 1.54) is 0 Å². The molecule has 1 N–H and O–H groups in total. The number of sulfonamides is 1. The van der Waals surface area contributed by atoms with Gasteiger partial charge in [0.1, 0.15) is 18.1 Å². The van der Waals surface area contributed by atoms with E-state index in [4.69, 9.17) is 9.47 Å². The molecule has 0 radical (unpaired) electrons. The van der Waals surface area contributed by atoms with Crippen LogP contribution in [-0.2, 0) is 14.8 Å². The minimum atomic E-state index is -3.45. The van der Waals surface area contributed by atoms with Crippen LogP contribution in [0, 0.1) is 13.8 Å². The molecular weight excluding hydrogens is 428 g/mol. The minimum Gasteiger partial charge on any atom is -0.492 e. The molecule has 0 aliphatic carbocycles. The second-order valence-corrected chi connectivity index (χ2v) is 10.1. The van der Waals surface area contributed by atoms with Crippen LogP contribution in [0.3, 0.4) is 0 Å². The van der Waals surface area contributed by atoms with Crippen LogP contribution < -0.4 is 14.8 Å². The SMILES string of the molecule is Cc1cc(C)cc(OC(C)C(=O)NCCOc2ccc(S(=O)(=O)N3CCCCC3)cc2)c1. The van der Waals surface area contributed by atoms with Gasteiger partial charge in [-0.1, -0.05) is 12.5 Å². The highest BCUT2D eigenvalue weighted by Gasteiger charge is 2.25. The standard InChI is InChI=1S/C24H32N2O5S/c1-18-15-19(2)17-22(16-18)31-20(3)24(27)25-11-14-30-21-7-9-23(10-8-21)32(28,29)26-12-5-4-6-13-26/h7-10,15-17,20H,4-6,11-14H2,1-3H3,(H,25,27). The van der Waals surface area contributed by atoms with Gasteiger partial charge >= 0.3 is 0 Å². The number of nitrogens with one attached hydrogen (secondary N) is 1. The zero-order valence-electron chi connectivity index (χ0n) is 19.0. The van der Waals surface area contributed by atoms with Crippen molar-refractivity contribution in [2.75, 3.05) is 26.2 Å². The van der Waals surface area contributed by atoms with Gasteiger partial charge in [0.2, 0.25) is 10.0 Å². The van der Waals surface area contributed by atoms with Crippen molar-refractivity contribution in [1.82, 2.24) is 9.62 Å². The molecule has 3 rings (SSSR count). The van der Waals surface area contributed by atoms with Gasteiger partial charge in [-0.3, -0.25) is 4.79 Å². The van der Waals surface area contributed by atoms with Crippen molar-refractivity contribution in [3.63, 3.8) is 0 Å². The molecule has 8 heteroatoms. The van der Waals surface area contributed by atoms with Crippen LogP contribution in [0.15, 0.2) is 47.4 Å². The Morgan fingerprint density at radius 2 is 1.62 bits per heavy atom. The first-order valence-electron chi connectivity index (χ1n) is 11.0. The van der Waals surface area contributed by atoms with Gasteiger partial charge in [-0.25, -0.2) is 8.42 Å². The van der Waals surface area contributed by atoms with Crippen LogP contribution in [0.2, 0.25) is 0 Å². The van der Waals surface area contributed by atoms with Gasteiger partial charge in [0.25, 0.3) is 5.91 Å². The Hall–Kier alpha value is -2.58. The highest BCUT2D eigenvalue weighted by molar-refractivity contribution is 7.89. The molecule has 0 saturated carbocycles. The molecule has 0 bridgehead atoms. The largest absolute Gasteiger partial charge is 0.492 e. The predicted molar refractivity (Wildman–Crippen MR) is 124 cm³/mol. The van der Waals surface area contributed by atoms with E-state index in [0.29, 0.717) is 31.1 Å². The molecule has 7 nitrogen and oxygen atoms in total. The Balaban J connectivity index is 1.43. The summed E-state index contributed by atoms with van der Waals surface area (Å²) >= 11 is 0. The molecule has 2 aromatic carbocycles. The quantitative estimate of drug-likeness (QED) is 0.580. The van der Waals surface area contributed by atoms with Gasteiger partial charge in [-0.15, -0.1) is 0 Å². The lowest BCUT2D eigenvalue weighted by Gasteiger charge is -2.25. The van der Waals surface area contributed by atoms with Crippen LogP contribution in [-0.4, -0.2) is 51.0 Å². The molecule has 1 aliphatic heterocycles. The highest BCUT2D eigenvalue weighted by Crippen LogP contribution is 2.22. The first kappa shape index (κ1) is 24.1. The summed E-state index contributed by atoms with van der Waals surface area (Å²) in [6.45, 7) is 7.40. The number of carbonyl (C=O) groups is 1. The number of carbonyl (C=O) groups excluding carboxylic acids is 1. The van der Waals surface area contributed by atoms with Crippen LogP contribution in [0.25, 0.3) is 0 Å². The van der Waals surface area contributed by atoms with Gasteiger partial charge in [-0.05, 0) is 81.1 Å². The molecule has 1 fully saturated rings. The fraction of sp³-hybridized carbons (Fsp3) is 0.458. The third-order valence-electron chi connectivity index (χ3n) is 5.32. The Morgan fingerprint density at radius 3 is 2.25 bits per heavy atom. The number of aryl methyl sites for hydroxylation is 2. The van der Waals surface area contributed by atoms with E-state index in [-0.39, 0.29) is 17.4 Å². The maximum Gasteiger partial charge on any atom is 0.260 e. The van der Waals surface area contributed by atoms with Gasteiger partial charge in [0.15, 0.2) is 6.10 Å². The van der Waals surface area contributed by atoms with Gasteiger partial charge in [-0.2, -0.15) is 4.31 Å². The maximum absolute atomic E-state index is 12.7. The van der Waals surface area contributed by atoms with E-state index >= 15 is 0 Å². The molecular formula is C24H32N2O5S. The summed E-state index contributed by atoms with van der Waals surface area (Å²) in [5.74, 6) is 0.994. The van der Waals surface area contributed by atoms with Gasteiger partial charge in [0, 0.05) is 13.1 Å². The summed E-state index contributed by atoms with van der Waals surface area (Å²) in [6.07, 6.45) is 2.25. The second-order valence-electron chi connectivity index (χ2n) is 8.16. The van der Waals surface area contributed by atoms with Crippen molar-refractivity contribution in [2.24, 2.45) is 0 Å². The highest BCUT2D eigenvalue weighted by atomic mass is 32.2. The Morgan fingerprint density at radius 1 is 1.00 bits per heavy atom. The van der Waals surface area contributed by atoms with Crippen LogP contribution in [0.1, 0.15) is 37.3 Å². The lowest BCUT2D eigenvalue weighted by molar-refractivity contribution is -0.127. The molecule has 1 atom stereocenters. The average molecular weight is 461 g/mol. The van der Waals surface area contributed by atoms with Gasteiger partial charge < -0.3 is 14.8 Å². The van der Waals surface area contributed by atoms with E-state index in [1.807, 2.05) is 32.0 Å². The zero-order valence-corrected chi connectivity index (χ0v) is 19.8. The van der Waals surface area contributed by atoms with Gasteiger partial charge in [0.05, 0.1) is 11.4 Å². The van der Waals surface area contributed by atoms with Crippen molar-refractivity contribution < 1.29 is 22.7 Å². The number of ether oxygens (including phenoxy) is 2. The van der Waals surface area contributed by atoms with Crippen LogP contribution >= 0.6 is 0 Å². The zero-order chi connectivity index (χ0) is 23.1. The van der Waals surface area contributed by atoms with Crippen LogP contribution in [0.4, 0.5) is 0 Å². The Bertz CT molecular complexity index is 995. The van der Waals surface area contributed by atoms with Crippen molar-refractivity contribution >= 4 is 15.9 Å². The van der Waals surface area contributed by atoms with E-state index in [9.17, 15) is 13.2 Å². The van der Waals surface area contributed by atoms with E-state index in [2.05, 4.69) is 5.32 Å². The molecule has 1 unspecified atom stereocenters. The molecule has 174 valence electrons. The monoisotopic (exact) mass is 460 g/mol. The van der Waals surface area contributed by atoms with E-state index in [1.54, 1.807) is 35.5 Å². The Labute approximate surface area is 190 Å². The second kappa shape index (κ2) is 10.8. The minimum absolute atomic E-state index is 0.226. The molecule has 2 aromatic rings. The lowest BCUT2D eigenvalue weighted by atomic mass is 10.1. The summed E-state index contributed by atoms with van der Waals surface area (Å²) in [5, 5.41) is 2.79. The molecule has 32 heavy (non-hydrogen) atoms. The molecule has 0 aromatic heterocycles. The average Bonchev–Trinajstić information content (AvgIpc) is 2.76. The number of nitrogens with zero attached hydrogens (tertiary/aromatic N) is 1. The number of amides is 1. The first-order chi connectivity index (χ1) is 15.3. The van der Waals surface area contributed by atoms with Crippen molar-refractivity contribution in [3.05, 3.63) is 53.6 Å². The topological polar surface area (TPSA) is 84.9 Å². The third-order valence-corrected chi connectivity index (χ3v) is 7.24. The maximum atomic E-state index is 12.7. The summed E-state index contributed by atoms with van der Waals surface area (Å²) < 4.78 is 38.3. The van der Waals surface area contributed by atoms with Crippen LogP contribution in [0.5, 0.6) is 11.5 Å². The molecule has 1 heterocycles. The summed E-state index contributed by atoms with van der Waals surface area (Å²) in [7, 11) is -3.45. The fourth-order valence-electron chi connectivity index (χ4n) is 3.71. The van der Waals surface area contributed by atoms with E-state index in [0.717, 1.165) is 30.4 Å². The molecule has 1 saturated heterocycles. The predicted octanol–water partition coefficient (Wildman–Crippen LogP) is 3.44. The van der Waals surface area contributed by atoms with Crippen molar-refractivity contribution in [2.45, 2.75) is 51.0 Å². The molecule has 0 spiro atoms. The molecule has 1 aliphatic rings. The molecule has 1 amide bonds. The summed E-state index contributed by atoms with van der Waals surface area (Å²) in [5.41, 5.74) is 2.16. The number of hydrogen-bond acceptors (Lipinski definition) is 5. The number of piperidine rings is 1. The Kier molecular flexibility index (Phi) is 8.15. The fourth-order valence-corrected chi connectivity index (χ4v) is 5.22. The van der Waals surface area contributed by atoms with Crippen molar-refractivity contribution in [1.29, 1.82) is 0 Å². The third kappa shape index (κ3) is 6.46. The number of benzene rings is 2.